The number of aryl methyl sites for hydroxylation is 1. The molecular formula is C20H20N2O2. The van der Waals surface area contributed by atoms with Crippen LogP contribution in [0.15, 0.2) is 65.6 Å². The number of aromatic nitrogens is 1. The molecular weight excluding hydrogens is 300 g/mol. The Hall–Kier alpha value is -2.88. The molecule has 2 aromatic carbocycles. The normalized spacial score (nSPS) is 10.8. The summed E-state index contributed by atoms with van der Waals surface area (Å²) in [4.78, 5) is 26.3. The summed E-state index contributed by atoms with van der Waals surface area (Å²) < 4.78 is 1.83. The average Bonchev–Trinajstić information content (AvgIpc) is 2.58. The van der Waals surface area contributed by atoms with Gasteiger partial charge in [0.05, 0.1) is 5.52 Å². The van der Waals surface area contributed by atoms with Gasteiger partial charge in [0.15, 0.2) is 5.43 Å². The lowest BCUT2D eigenvalue weighted by molar-refractivity contribution is -0.131. The van der Waals surface area contributed by atoms with Crippen LogP contribution in [0.3, 0.4) is 0 Å². The lowest BCUT2D eigenvalue weighted by atomic mass is 10.1. The Labute approximate surface area is 141 Å². The summed E-state index contributed by atoms with van der Waals surface area (Å²) in [5.41, 5.74) is 2.89. The fourth-order valence-electron chi connectivity index (χ4n) is 2.78. The molecule has 1 amide bonds. The van der Waals surface area contributed by atoms with Gasteiger partial charge in [0.1, 0.15) is 6.54 Å². The molecule has 0 radical (unpaired) electrons. The second kappa shape index (κ2) is 6.71. The number of carbonyl (C=O) groups excluding carboxylic acids is 1. The summed E-state index contributed by atoms with van der Waals surface area (Å²) >= 11 is 0. The largest absolute Gasteiger partial charge is 0.340 e. The minimum atomic E-state index is -0.0185. The van der Waals surface area contributed by atoms with E-state index in [1.807, 2.05) is 60.0 Å². The van der Waals surface area contributed by atoms with E-state index in [-0.39, 0.29) is 17.9 Å². The number of amides is 1. The molecule has 0 atom stereocenters. The van der Waals surface area contributed by atoms with Gasteiger partial charge >= 0.3 is 0 Å². The number of rotatable bonds is 4. The van der Waals surface area contributed by atoms with Crippen molar-refractivity contribution in [3.63, 3.8) is 0 Å². The van der Waals surface area contributed by atoms with Crippen LogP contribution in [0.5, 0.6) is 0 Å². The van der Waals surface area contributed by atoms with Gasteiger partial charge in [-0.15, -0.1) is 0 Å². The van der Waals surface area contributed by atoms with Crippen LogP contribution >= 0.6 is 0 Å². The third-order valence-corrected chi connectivity index (χ3v) is 4.13. The van der Waals surface area contributed by atoms with Crippen LogP contribution in [0.2, 0.25) is 0 Å². The molecule has 0 spiro atoms. The van der Waals surface area contributed by atoms with Gasteiger partial charge in [-0.25, -0.2) is 0 Å². The van der Waals surface area contributed by atoms with E-state index in [0.29, 0.717) is 11.9 Å². The first-order valence-electron chi connectivity index (χ1n) is 7.92. The Morgan fingerprint density at radius 2 is 1.83 bits per heavy atom. The number of nitrogens with zero attached hydrogens (tertiary/aromatic N) is 2. The lowest BCUT2D eigenvalue weighted by Crippen LogP contribution is -2.30. The third-order valence-electron chi connectivity index (χ3n) is 4.13. The van der Waals surface area contributed by atoms with Crippen molar-refractivity contribution in [1.29, 1.82) is 0 Å². The molecule has 0 saturated heterocycles. The number of hydrogen-bond acceptors (Lipinski definition) is 2. The maximum atomic E-state index is 12.5. The first-order chi connectivity index (χ1) is 11.5. The second-order valence-corrected chi connectivity index (χ2v) is 6.06. The van der Waals surface area contributed by atoms with Crippen molar-refractivity contribution in [3.05, 3.63) is 82.1 Å². The fraction of sp³-hybridized carbons (Fsp3) is 0.200. The highest BCUT2D eigenvalue weighted by Crippen LogP contribution is 2.13. The van der Waals surface area contributed by atoms with Gasteiger partial charge < -0.3 is 9.47 Å². The zero-order chi connectivity index (χ0) is 17.1. The third kappa shape index (κ3) is 3.38. The molecule has 0 fully saturated rings. The summed E-state index contributed by atoms with van der Waals surface area (Å²) in [5.74, 6) is 0.00405. The SMILES string of the molecule is Cc1ccc2c(c1)c(=O)ccn2CC(=O)N(C)Cc1ccccc1. The van der Waals surface area contributed by atoms with E-state index in [1.54, 1.807) is 18.1 Å². The highest BCUT2D eigenvalue weighted by atomic mass is 16.2. The van der Waals surface area contributed by atoms with Crippen molar-refractivity contribution in [2.24, 2.45) is 0 Å². The Morgan fingerprint density at radius 1 is 1.08 bits per heavy atom. The van der Waals surface area contributed by atoms with Crippen molar-refractivity contribution >= 4 is 16.8 Å². The summed E-state index contributed by atoms with van der Waals surface area (Å²) in [5, 5.41) is 0.649. The summed E-state index contributed by atoms with van der Waals surface area (Å²) in [7, 11) is 1.80. The summed E-state index contributed by atoms with van der Waals surface area (Å²) in [6, 6.07) is 17.1. The Morgan fingerprint density at radius 3 is 2.58 bits per heavy atom. The van der Waals surface area contributed by atoms with E-state index in [4.69, 9.17) is 0 Å². The number of fused-ring (bicyclic) bond motifs is 1. The van der Waals surface area contributed by atoms with Crippen LogP contribution in [0.4, 0.5) is 0 Å². The zero-order valence-electron chi connectivity index (χ0n) is 13.9. The maximum absolute atomic E-state index is 12.5. The molecule has 4 nitrogen and oxygen atoms in total. The van der Waals surface area contributed by atoms with Crippen LogP contribution in [0.25, 0.3) is 10.9 Å². The number of carbonyl (C=O) groups is 1. The van der Waals surface area contributed by atoms with Gasteiger partial charge in [0.25, 0.3) is 0 Å². The predicted molar refractivity (Wildman–Crippen MR) is 95.9 cm³/mol. The van der Waals surface area contributed by atoms with E-state index in [1.165, 1.54) is 6.07 Å². The Bertz CT molecular complexity index is 929. The smallest absolute Gasteiger partial charge is 0.242 e. The Kier molecular flexibility index (Phi) is 4.47. The molecule has 0 unspecified atom stereocenters. The summed E-state index contributed by atoms with van der Waals surface area (Å²) in [6.45, 7) is 2.73. The van der Waals surface area contributed by atoms with Crippen LogP contribution in [-0.2, 0) is 17.9 Å². The van der Waals surface area contributed by atoms with E-state index in [0.717, 1.165) is 16.6 Å². The van der Waals surface area contributed by atoms with Gasteiger partial charge in [0.2, 0.25) is 5.91 Å². The van der Waals surface area contributed by atoms with Gasteiger partial charge in [-0.05, 0) is 24.6 Å². The fourth-order valence-corrected chi connectivity index (χ4v) is 2.78. The minimum Gasteiger partial charge on any atom is -0.340 e. The standard InChI is InChI=1S/C20H20N2O2/c1-15-8-9-18-17(12-15)19(23)10-11-22(18)14-20(24)21(2)13-16-6-4-3-5-7-16/h3-12H,13-14H2,1-2H3. The van der Waals surface area contributed by atoms with Crippen molar-refractivity contribution in [2.75, 3.05) is 7.05 Å². The predicted octanol–water partition coefficient (Wildman–Crippen LogP) is 2.97. The molecule has 0 aliphatic rings. The summed E-state index contributed by atoms with van der Waals surface area (Å²) in [6.07, 6.45) is 1.69. The topological polar surface area (TPSA) is 42.3 Å². The molecule has 0 N–H and O–H groups in total. The number of hydrogen-bond donors (Lipinski definition) is 0. The van der Waals surface area contributed by atoms with Crippen LogP contribution in [-0.4, -0.2) is 22.4 Å². The molecule has 0 bridgehead atoms. The van der Waals surface area contributed by atoms with Gasteiger partial charge in [-0.2, -0.15) is 0 Å². The van der Waals surface area contributed by atoms with Crippen LogP contribution in [0, 0.1) is 6.92 Å². The van der Waals surface area contributed by atoms with E-state index >= 15 is 0 Å². The quantitative estimate of drug-likeness (QED) is 0.742. The van der Waals surface area contributed by atoms with Crippen LogP contribution < -0.4 is 5.43 Å². The van der Waals surface area contributed by atoms with Gasteiger partial charge in [-0.3, -0.25) is 9.59 Å². The monoisotopic (exact) mass is 320 g/mol. The number of benzene rings is 2. The molecule has 24 heavy (non-hydrogen) atoms. The van der Waals surface area contributed by atoms with Gasteiger partial charge in [0, 0.05) is 31.2 Å². The van der Waals surface area contributed by atoms with Gasteiger partial charge in [-0.1, -0.05) is 42.0 Å². The van der Waals surface area contributed by atoms with E-state index in [2.05, 4.69) is 0 Å². The van der Waals surface area contributed by atoms with E-state index in [9.17, 15) is 9.59 Å². The van der Waals surface area contributed by atoms with Crippen molar-refractivity contribution in [1.82, 2.24) is 9.47 Å². The van der Waals surface area contributed by atoms with Crippen molar-refractivity contribution in [3.8, 4) is 0 Å². The molecule has 1 heterocycles. The van der Waals surface area contributed by atoms with Crippen molar-refractivity contribution < 1.29 is 4.79 Å². The minimum absolute atomic E-state index is 0.00405. The Balaban J connectivity index is 1.83. The molecule has 0 aliphatic heterocycles. The van der Waals surface area contributed by atoms with Crippen molar-refractivity contribution in [2.45, 2.75) is 20.0 Å². The molecule has 3 rings (SSSR count). The lowest BCUT2D eigenvalue weighted by Gasteiger charge is -2.19. The maximum Gasteiger partial charge on any atom is 0.242 e. The molecule has 0 saturated carbocycles. The van der Waals surface area contributed by atoms with E-state index < -0.39 is 0 Å². The molecule has 1 aromatic heterocycles. The molecule has 0 aliphatic carbocycles. The number of likely N-dealkylation sites (N-methyl/N-ethyl adjacent to an activating group) is 1. The highest BCUT2D eigenvalue weighted by Gasteiger charge is 2.12. The number of pyridine rings is 1. The highest BCUT2D eigenvalue weighted by molar-refractivity contribution is 5.82. The molecule has 4 heteroatoms. The second-order valence-electron chi connectivity index (χ2n) is 6.06. The first-order valence-corrected chi connectivity index (χ1v) is 7.92. The average molecular weight is 320 g/mol. The zero-order valence-corrected chi connectivity index (χ0v) is 13.9. The van der Waals surface area contributed by atoms with Crippen LogP contribution in [0.1, 0.15) is 11.1 Å². The molecule has 122 valence electrons. The molecule has 3 aromatic rings. The first kappa shape index (κ1) is 16.0.